The van der Waals surface area contributed by atoms with E-state index in [9.17, 15) is 14.7 Å². The number of nitrogens with zero attached hydrogens (tertiary/aromatic N) is 3. The summed E-state index contributed by atoms with van der Waals surface area (Å²) in [5.41, 5.74) is 3.36. The SMILES string of the molecule is CC(=O)N1[C@@H](CO)[C@@H](c2ccc(-c3ccc(C#N)cc3)cc2)C12CN(C(=O)C1CC1)C2. The summed E-state index contributed by atoms with van der Waals surface area (Å²) in [6.07, 6.45) is 1.94. The van der Waals surface area contributed by atoms with Crippen molar-refractivity contribution in [2.75, 3.05) is 19.7 Å². The van der Waals surface area contributed by atoms with Crippen LogP contribution in [0.3, 0.4) is 0 Å². The number of carbonyl (C=O) groups excluding carboxylic acids is 2. The predicted molar refractivity (Wildman–Crippen MR) is 115 cm³/mol. The topological polar surface area (TPSA) is 84.6 Å². The standard InChI is InChI=1S/C25H25N3O3/c1-16(30)28-22(13-29)23(25(28)14-27(15-25)24(31)21-10-11-21)20-8-6-19(7-9-20)18-4-2-17(12-26)3-5-18/h2-9,21-23,29H,10-11,13-15H2,1H3/t22-,23+/m0/s1. The van der Waals surface area contributed by atoms with Crippen LogP contribution in [0.1, 0.15) is 36.8 Å². The lowest BCUT2D eigenvalue weighted by molar-refractivity contribution is -0.202. The third-order valence-electron chi connectivity index (χ3n) is 7.09. The second-order valence-corrected chi connectivity index (χ2v) is 9.00. The van der Waals surface area contributed by atoms with Gasteiger partial charge >= 0.3 is 0 Å². The average molecular weight is 415 g/mol. The highest BCUT2D eigenvalue weighted by molar-refractivity contribution is 5.84. The minimum Gasteiger partial charge on any atom is -0.394 e. The summed E-state index contributed by atoms with van der Waals surface area (Å²) < 4.78 is 0. The monoisotopic (exact) mass is 415 g/mol. The molecular formula is C25H25N3O3. The molecule has 2 aliphatic heterocycles. The van der Waals surface area contributed by atoms with Crippen molar-refractivity contribution >= 4 is 11.8 Å². The Kier molecular flexibility index (Phi) is 4.60. The van der Waals surface area contributed by atoms with Crippen molar-refractivity contribution in [1.29, 1.82) is 5.26 Å². The number of benzene rings is 2. The third-order valence-corrected chi connectivity index (χ3v) is 7.09. The molecule has 1 saturated carbocycles. The van der Waals surface area contributed by atoms with Gasteiger partial charge in [0.25, 0.3) is 0 Å². The zero-order valence-electron chi connectivity index (χ0n) is 17.5. The summed E-state index contributed by atoms with van der Waals surface area (Å²) in [5, 5.41) is 19.0. The molecule has 5 rings (SSSR count). The fraction of sp³-hybridized carbons (Fsp3) is 0.400. The van der Waals surface area contributed by atoms with Crippen molar-refractivity contribution in [2.24, 2.45) is 5.92 Å². The molecule has 0 bridgehead atoms. The summed E-state index contributed by atoms with van der Waals surface area (Å²) in [6, 6.07) is 17.5. The molecule has 2 atom stereocenters. The molecule has 3 aliphatic rings. The zero-order chi connectivity index (χ0) is 21.8. The van der Waals surface area contributed by atoms with E-state index in [0.29, 0.717) is 18.7 Å². The lowest BCUT2D eigenvalue weighted by Crippen LogP contribution is -2.85. The van der Waals surface area contributed by atoms with Crippen molar-refractivity contribution in [3.63, 3.8) is 0 Å². The van der Waals surface area contributed by atoms with Gasteiger partial charge < -0.3 is 14.9 Å². The smallest absolute Gasteiger partial charge is 0.225 e. The quantitative estimate of drug-likeness (QED) is 0.832. The van der Waals surface area contributed by atoms with Crippen LogP contribution in [0.5, 0.6) is 0 Å². The molecule has 6 heteroatoms. The average Bonchev–Trinajstić information content (AvgIpc) is 3.58. The van der Waals surface area contributed by atoms with E-state index in [4.69, 9.17) is 5.26 Å². The van der Waals surface area contributed by atoms with Gasteiger partial charge in [-0.2, -0.15) is 5.26 Å². The first-order chi connectivity index (χ1) is 15.0. The van der Waals surface area contributed by atoms with Crippen LogP contribution in [0, 0.1) is 17.2 Å². The predicted octanol–water partition coefficient (Wildman–Crippen LogP) is 2.52. The van der Waals surface area contributed by atoms with Crippen molar-refractivity contribution in [3.8, 4) is 17.2 Å². The Hall–Kier alpha value is -3.17. The van der Waals surface area contributed by atoms with E-state index in [2.05, 4.69) is 18.2 Å². The van der Waals surface area contributed by atoms with E-state index >= 15 is 0 Å². The van der Waals surface area contributed by atoms with E-state index in [1.165, 1.54) is 0 Å². The molecule has 0 unspecified atom stereocenters. The minimum atomic E-state index is -0.417. The summed E-state index contributed by atoms with van der Waals surface area (Å²) in [4.78, 5) is 28.5. The largest absolute Gasteiger partial charge is 0.394 e. The van der Waals surface area contributed by atoms with Gasteiger partial charge in [-0.3, -0.25) is 9.59 Å². The lowest BCUT2D eigenvalue weighted by atomic mass is 9.60. The molecule has 2 heterocycles. The van der Waals surface area contributed by atoms with Gasteiger partial charge in [0.2, 0.25) is 11.8 Å². The van der Waals surface area contributed by atoms with E-state index in [1.54, 1.807) is 24.0 Å². The van der Waals surface area contributed by atoms with Crippen LogP contribution in [0.25, 0.3) is 11.1 Å². The number of hydrogen-bond acceptors (Lipinski definition) is 4. The van der Waals surface area contributed by atoms with Crippen molar-refractivity contribution < 1.29 is 14.7 Å². The van der Waals surface area contributed by atoms with Gasteiger partial charge in [0.1, 0.15) is 0 Å². The van der Waals surface area contributed by atoms with Crippen LogP contribution in [0.4, 0.5) is 0 Å². The first-order valence-corrected chi connectivity index (χ1v) is 10.8. The van der Waals surface area contributed by atoms with Crippen LogP contribution in [0.2, 0.25) is 0 Å². The molecule has 2 aromatic carbocycles. The summed E-state index contributed by atoms with van der Waals surface area (Å²) in [6.45, 7) is 2.53. The zero-order valence-corrected chi connectivity index (χ0v) is 17.5. The number of rotatable bonds is 4. The Morgan fingerprint density at radius 3 is 2.13 bits per heavy atom. The normalized spacial score (nSPS) is 23.6. The highest BCUT2D eigenvalue weighted by Gasteiger charge is 2.67. The van der Waals surface area contributed by atoms with E-state index in [0.717, 1.165) is 29.5 Å². The molecule has 1 N–H and O–H groups in total. The number of likely N-dealkylation sites (tertiary alicyclic amines) is 2. The van der Waals surface area contributed by atoms with Crippen LogP contribution < -0.4 is 0 Å². The van der Waals surface area contributed by atoms with Gasteiger partial charge in [-0.25, -0.2) is 0 Å². The fourth-order valence-electron chi connectivity index (χ4n) is 5.50. The Bertz CT molecular complexity index is 1060. The van der Waals surface area contributed by atoms with Crippen molar-refractivity contribution in [3.05, 3.63) is 59.7 Å². The van der Waals surface area contributed by atoms with Crippen molar-refractivity contribution in [2.45, 2.75) is 37.3 Å². The summed E-state index contributed by atoms with van der Waals surface area (Å²) in [5.74, 6) is 0.321. The second-order valence-electron chi connectivity index (χ2n) is 9.00. The van der Waals surface area contributed by atoms with Crippen LogP contribution in [-0.4, -0.2) is 58.0 Å². The van der Waals surface area contributed by atoms with Gasteiger partial charge in [0, 0.05) is 31.8 Å². The molecule has 2 saturated heterocycles. The Balaban J connectivity index is 1.41. The molecule has 158 valence electrons. The van der Waals surface area contributed by atoms with Gasteiger partial charge in [-0.05, 0) is 41.7 Å². The molecule has 31 heavy (non-hydrogen) atoms. The maximum Gasteiger partial charge on any atom is 0.225 e. The van der Waals surface area contributed by atoms with Gasteiger partial charge in [-0.1, -0.05) is 36.4 Å². The highest BCUT2D eigenvalue weighted by Crippen LogP contribution is 2.54. The van der Waals surface area contributed by atoms with Crippen molar-refractivity contribution in [1.82, 2.24) is 9.80 Å². The lowest BCUT2D eigenvalue weighted by Gasteiger charge is -2.70. The van der Waals surface area contributed by atoms with Gasteiger partial charge in [0.15, 0.2) is 0 Å². The molecule has 1 spiro atoms. The van der Waals surface area contributed by atoms with Crippen LogP contribution in [0.15, 0.2) is 48.5 Å². The van der Waals surface area contributed by atoms with Gasteiger partial charge in [-0.15, -0.1) is 0 Å². The fourth-order valence-corrected chi connectivity index (χ4v) is 5.50. The molecule has 0 aromatic heterocycles. The highest BCUT2D eigenvalue weighted by atomic mass is 16.3. The van der Waals surface area contributed by atoms with Gasteiger partial charge in [0.05, 0.1) is 29.8 Å². The molecular weight excluding hydrogens is 390 g/mol. The number of carbonyl (C=O) groups is 2. The molecule has 1 aliphatic carbocycles. The maximum atomic E-state index is 12.5. The minimum absolute atomic E-state index is 0.000307. The Morgan fingerprint density at radius 1 is 1.06 bits per heavy atom. The number of aliphatic hydroxyl groups excluding tert-OH is 1. The molecule has 3 fully saturated rings. The Labute approximate surface area is 181 Å². The maximum absolute atomic E-state index is 12.5. The number of nitriles is 1. The summed E-state index contributed by atoms with van der Waals surface area (Å²) >= 11 is 0. The molecule has 0 radical (unpaired) electrons. The molecule has 2 amide bonds. The molecule has 6 nitrogen and oxygen atoms in total. The number of aliphatic hydroxyl groups is 1. The first-order valence-electron chi connectivity index (χ1n) is 10.8. The third kappa shape index (κ3) is 3.03. The second kappa shape index (κ2) is 7.21. The van der Waals surface area contributed by atoms with Crippen LogP contribution >= 0.6 is 0 Å². The number of amides is 2. The molecule has 2 aromatic rings. The van der Waals surface area contributed by atoms with E-state index in [-0.39, 0.29) is 36.3 Å². The Morgan fingerprint density at radius 2 is 1.65 bits per heavy atom. The first kappa shape index (κ1) is 19.8. The van der Waals surface area contributed by atoms with E-state index < -0.39 is 5.54 Å². The van der Waals surface area contributed by atoms with Crippen LogP contribution in [-0.2, 0) is 9.59 Å². The van der Waals surface area contributed by atoms with E-state index in [1.807, 2.05) is 29.2 Å². The number of hydrogen-bond donors (Lipinski definition) is 1. The summed E-state index contributed by atoms with van der Waals surface area (Å²) in [7, 11) is 0.